The lowest BCUT2D eigenvalue weighted by Gasteiger charge is -2.19. The molecule has 0 radical (unpaired) electrons. The summed E-state index contributed by atoms with van der Waals surface area (Å²) in [7, 11) is 1.68. The van der Waals surface area contributed by atoms with E-state index in [0.717, 1.165) is 25.0 Å². The summed E-state index contributed by atoms with van der Waals surface area (Å²) in [4.78, 5) is 4.97. The van der Waals surface area contributed by atoms with Gasteiger partial charge in [-0.2, -0.15) is 0 Å². The molecule has 1 unspecified atom stereocenters. The highest BCUT2D eigenvalue weighted by atomic mass is 16.5. The van der Waals surface area contributed by atoms with Crippen LogP contribution in [0.3, 0.4) is 0 Å². The van der Waals surface area contributed by atoms with Gasteiger partial charge in [0.2, 0.25) is 0 Å². The summed E-state index contributed by atoms with van der Waals surface area (Å²) in [5.74, 6) is 0.800. The SMILES string of the molecule is C=C(CC(N=C1CCCCC1)c1ccccc1)OC. The zero-order valence-electron chi connectivity index (χ0n) is 11.8. The van der Waals surface area contributed by atoms with E-state index in [2.05, 4.69) is 30.8 Å². The highest BCUT2D eigenvalue weighted by Gasteiger charge is 2.15. The Bertz CT molecular complexity index is 428. The van der Waals surface area contributed by atoms with E-state index in [1.54, 1.807) is 7.11 Å². The van der Waals surface area contributed by atoms with E-state index < -0.39 is 0 Å². The van der Waals surface area contributed by atoms with Gasteiger partial charge in [-0.05, 0) is 31.2 Å². The predicted molar refractivity (Wildman–Crippen MR) is 80.5 cm³/mol. The molecule has 0 N–H and O–H groups in total. The van der Waals surface area contributed by atoms with E-state index in [0.29, 0.717) is 0 Å². The lowest BCUT2D eigenvalue weighted by molar-refractivity contribution is 0.272. The minimum absolute atomic E-state index is 0.154. The fraction of sp³-hybridized carbons (Fsp3) is 0.471. The lowest BCUT2D eigenvalue weighted by atomic mass is 9.97. The molecule has 1 atom stereocenters. The maximum absolute atomic E-state index is 5.23. The molecule has 0 bridgehead atoms. The molecule has 1 aliphatic rings. The average molecular weight is 257 g/mol. The summed E-state index contributed by atoms with van der Waals surface area (Å²) in [6, 6.07) is 10.6. The van der Waals surface area contributed by atoms with E-state index in [1.165, 1.54) is 30.5 Å². The number of hydrogen-bond donors (Lipinski definition) is 0. The summed E-state index contributed by atoms with van der Waals surface area (Å²) in [6.45, 7) is 3.94. The van der Waals surface area contributed by atoms with Crippen molar-refractivity contribution in [1.29, 1.82) is 0 Å². The van der Waals surface area contributed by atoms with Crippen LogP contribution in [-0.2, 0) is 4.74 Å². The first-order chi connectivity index (χ1) is 9.29. The first kappa shape index (κ1) is 13.9. The molecule has 1 aliphatic carbocycles. The zero-order valence-corrected chi connectivity index (χ0v) is 11.8. The van der Waals surface area contributed by atoms with Crippen molar-refractivity contribution in [3.63, 3.8) is 0 Å². The first-order valence-electron chi connectivity index (χ1n) is 7.12. The van der Waals surface area contributed by atoms with Gasteiger partial charge in [0.25, 0.3) is 0 Å². The van der Waals surface area contributed by atoms with Gasteiger partial charge in [-0.25, -0.2) is 0 Å². The van der Waals surface area contributed by atoms with Crippen LogP contribution in [0.5, 0.6) is 0 Å². The van der Waals surface area contributed by atoms with Crippen LogP contribution < -0.4 is 0 Å². The lowest BCUT2D eigenvalue weighted by Crippen LogP contribution is -2.08. The van der Waals surface area contributed by atoms with Crippen molar-refractivity contribution < 1.29 is 4.74 Å². The van der Waals surface area contributed by atoms with Crippen molar-refractivity contribution in [3.8, 4) is 0 Å². The van der Waals surface area contributed by atoms with Crippen LogP contribution in [0.25, 0.3) is 0 Å². The van der Waals surface area contributed by atoms with Crippen molar-refractivity contribution in [2.24, 2.45) is 4.99 Å². The molecule has 0 saturated heterocycles. The van der Waals surface area contributed by atoms with Gasteiger partial charge in [0.15, 0.2) is 0 Å². The molecule has 1 fully saturated rings. The number of aliphatic imine (C=N–C) groups is 1. The number of methoxy groups -OCH3 is 1. The molecule has 2 nitrogen and oxygen atoms in total. The molecule has 0 spiro atoms. The van der Waals surface area contributed by atoms with Crippen LogP contribution in [0.4, 0.5) is 0 Å². The standard InChI is InChI=1S/C17H23NO/c1-14(19-2)13-17(15-9-5-3-6-10-15)18-16-11-7-4-8-12-16/h3,5-6,9-10,17H,1,4,7-8,11-13H2,2H3. The Morgan fingerprint density at radius 2 is 1.89 bits per heavy atom. The van der Waals surface area contributed by atoms with E-state index in [4.69, 9.17) is 9.73 Å². The van der Waals surface area contributed by atoms with E-state index >= 15 is 0 Å². The molecule has 0 amide bonds. The Balaban J connectivity index is 2.16. The maximum atomic E-state index is 5.23. The molecule has 102 valence electrons. The summed E-state index contributed by atoms with van der Waals surface area (Å²) < 4.78 is 5.23. The van der Waals surface area contributed by atoms with E-state index in [9.17, 15) is 0 Å². The fourth-order valence-electron chi connectivity index (χ4n) is 2.52. The largest absolute Gasteiger partial charge is 0.502 e. The van der Waals surface area contributed by atoms with Crippen LogP contribution in [0.2, 0.25) is 0 Å². The quantitative estimate of drug-likeness (QED) is 0.702. The minimum atomic E-state index is 0.154. The minimum Gasteiger partial charge on any atom is -0.502 e. The topological polar surface area (TPSA) is 21.6 Å². The highest BCUT2D eigenvalue weighted by Crippen LogP contribution is 2.27. The molecule has 1 aromatic carbocycles. The maximum Gasteiger partial charge on any atom is 0.0908 e. The Kier molecular flexibility index (Phi) is 5.20. The fourth-order valence-corrected chi connectivity index (χ4v) is 2.52. The van der Waals surface area contributed by atoms with E-state index in [-0.39, 0.29) is 6.04 Å². The Labute approximate surface area is 116 Å². The third kappa shape index (κ3) is 4.23. The van der Waals surface area contributed by atoms with Gasteiger partial charge < -0.3 is 4.74 Å². The number of ether oxygens (including phenoxy) is 1. The summed E-state index contributed by atoms with van der Waals surface area (Å²) in [5, 5.41) is 0. The van der Waals surface area contributed by atoms with Crippen molar-refractivity contribution in [2.75, 3.05) is 7.11 Å². The van der Waals surface area contributed by atoms with Gasteiger partial charge in [-0.1, -0.05) is 43.3 Å². The van der Waals surface area contributed by atoms with Gasteiger partial charge in [0.05, 0.1) is 18.9 Å². The van der Waals surface area contributed by atoms with Gasteiger partial charge in [-0.3, -0.25) is 4.99 Å². The summed E-state index contributed by atoms with van der Waals surface area (Å²) in [5.41, 5.74) is 2.61. The first-order valence-corrected chi connectivity index (χ1v) is 7.12. The second kappa shape index (κ2) is 7.13. The molecule has 0 aromatic heterocycles. The van der Waals surface area contributed by atoms with Crippen molar-refractivity contribution in [1.82, 2.24) is 0 Å². The number of hydrogen-bond acceptors (Lipinski definition) is 2. The molecule has 1 saturated carbocycles. The third-order valence-electron chi connectivity index (χ3n) is 3.66. The molecular formula is C17H23NO. The van der Waals surface area contributed by atoms with Crippen LogP contribution in [0, 0.1) is 0 Å². The van der Waals surface area contributed by atoms with Gasteiger partial charge >= 0.3 is 0 Å². The second-order valence-electron chi connectivity index (χ2n) is 5.13. The van der Waals surface area contributed by atoms with Crippen molar-refractivity contribution >= 4 is 5.71 Å². The molecule has 2 heteroatoms. The molecule has 1 aromatic rings. The van der Waals surface area contributed by atoms with Crippen molar-refractivity contribution in [3.05, 3.63) is 48.2 Å². The van der Waals surface area contributed by atoms with Gasteiger partial charge in [0.1, 0.15) is 0 Å². The second-order valence-corrected chi connectivity index (χ2v) is 5.13. The Hall–Kier alpha value is -1.57. The van der Waals surface area contributed by atoms with Crippen LogP contribution in [0.15, 0.2) is 47.7 Å². The van der Waals surface area contributed by atoms with Crippen molar-refractivity contribution in [2.45, 2.75) is 44.6 Å². The summed E-state index contributed by atoms with van der Waals surface area (Å²) in [6.07, 6.45) is 6.99. The molecule has 2 rings (SSSR count). The summed E-state index contributed by atoms with van der Waals surface area (Å²) >= 11 is 0. The van der Waals surface area contributed by atoms with E-state index in [1.807, 2.05) is 6.07 Å². The third-order valence-corrected chi connectivity index (χ3v) is 3.66. The van der Waals surface area contributed by atoms with Crippen LogP contribution in [-0.4, -0.2) is 12.8 Å². The van der Waals surface area contributed by atoms with Crippen LogP contribution in [0.1, 0.15) is 50.1 Å². The predicted octanol–water partition coefficient (Wildman–Crippen LogP) is 4.68. The van der Waals surface area contributed by atoms with Crippen LogP contribution >= 0.6 is 0 Å². The number of nitrogens with zero attached hydrogens (tertiary/aromatic N) is 1. The normalized spacial score (nSPS) is 16.8. The Morgan fingerprint density at radius 3 is 2.53 bits per heavy atom. The monoisotopic (exact) mass is 257 g/mol. The molecule has 0 aliphatic heterocycles. The van der Waals surface area contributed by atoms with Gasteiger partial charge in [0, 0.05) is 12.1 Å². The number of rotatable bonds is 5. The smallest absolute Gasteiger partial charge is 0.0908 e. The average Bonchev–Trinajstić information content (AvgIpc) is 2.48. The Morgan fingerprint density at radius 1 is 1.21 bits per heavy atom. The molecular weight excluding hydrogens is 234 g/mol. The molecule has 0 heterocycles. The zero-order chi connectivity index (χ0) is 13.5. The van der Waals surface area contributed by atoms with Gasteiger partial charge in [-0.15, -0.1) is 0 Å². The number of benzene rings is 1. The highest BCUT2D eigenvalue weighted by molar-refractivity contribution is 5.85. The molecule has 19 heavy (non-hydrogen) atoms.